The van der Waals surface area contributed by atoms with E-state index in [0.29, 0.717) is 0 Å². The zero-order valence-electron chi connectivity index (χ0n) is 13.3. The van der Waals surface area contributed by atoms with E-state index in [2.05, 4.69) is 26.8 Å². The van der Waals surface area contributed by atoms with Crippen molar-refractivity contribution in [2.45, 2.75) is 24.3 Å². The molecule has 0 unspecified atom stereocenters. The predicted octanol–water partition coefficient (Wildman–Crippen LogP) is 2.52. The van der Waals surface area contributed by atoms with Crippen LogP contribution in [-0.4, -0.2) is 67.6 Å². The number of rotatable bonds is 6. The first-order chi connectivity index (χ1) is 11.5. The van der Waals surface area contributed by atoms with Crippen LogP contribution in [0, 0.1) is 0 Å². The number of carbonyl (C=O) groups is 2. The Morgan fingerprint density at radius 2 is 2.04 bits per heavy atom. The number of halogens is 1. The van der Waals surface area contributed by atoms with Gasteiger partial charge in [0.25, 0.3) is 0 Å². The van der Waals surface area contributed by atoms with Gasteiger partial charge in [-0.3, -0.25) is 0 Å². The fourth-order valence-corrected chi connectivity index (χ4v) is 3.80. The van der Waals surface area contributed by atoms with Crippen LogP contribution in [0.3, 0.4) is 0 Å². The molecule has 0 aromatic carbocycles. The summed E-state index contributed by atoms with van der Waals surface area (Å²) in [6.45, 7) is 2.12. The Labute approximate surface area is 154 Å². The second kappa shape index (κ2) is 11.4. The van der Waals surface area contributed by atoms with Crippen LogP contribution in [0.2, 0.25) is 0 Å². The van der Waals surface area contributed by atoms with Gasteiger partial charge in [0.05, 0.1) is 11.7 Å². The first-order valence-electron chi connectivity index (χ1n) is 7.31. The molecule has 0 aliphatic carbocycles. The average molecular weight is 394 g/mol. The van der Waals surface area contributed by atoms with Crippen LogP contribution in [0.5, 0.6) is 0 Å². The van der Waals surface area contributed by atoms with Gasteiger partial charge in [0, 0.05) is 19.0 Å². The van der Waals surface area contributed by atoms with E-state index < -0.39 is 11.9 Å². The summed E-state index contributed by atoms with van der Waals surface area (Å²) < 4.78 is 8.88. The number of aromatic nitrogens is 2. The summed E-state index contributed by atoms with van der Waals surface area (Å²) in [6.07, 6.45) is 5.64. The highest BCUT2D eigenvalue weighted by Crippen LogP contribution is 2.29. The van der Waals surface area contributed by atoms with Crippen molar-refractivity contribution in [1.29, 1.82) is 0 Å². The van der Waals surface area contributed by atoms with Crippen LogP contribution in [0.1, 0.15) is 25.0 Å². The fourth-order valence-electron chi connectivity index (χ4n) is 1.90. The lowest BCUT2D eigenvalue weighted by Gasteiger charge is -2.22. The Kier molecular flexibility index (Phi) is 9.92. The van der Waals surface area contributed by atoms with Crippen molar-refractivity contribution in [2.24, 2.45) is 0 Å². The minimum absolute atomic E-state index is 0.749. The van der Waals surface area contributed by atoms with E-state index in [0.717, 1.165) is 54.7 Å². The third-order valence-electron chi connectivity index (χ3n) is 3.05. The highest BCUT2D eigenvalue weighted by atomic mass is 35.5. The van der Waals surface area contributed by atoms with Crippen molar-refractivity contribution in [3.63, 3.8) is 0 Å². The lowest BCUT2D eigenvalue weighted by molar-refractivity contribution is -0.159. The van der Waals surface area contributed by atoms with Crippen LogP contribution in [-0.2, 0) is 9.59 Å². The van der Waals surface area contributed by atoms with E-state index in [1.54, 1.807) is 0 Å². The number of thioether (sulfide) groups is 1. The highest BCUT2D eigenvalue weighted by Gasteiger charge is 2.17. The lowest BCUT2D eigenvalue weighted by Crippen LogP contribution is -2.25. The van der Waals surface area contributed by atoms with E-state index >= 15 is 0 Å². The number of hydrogen-bond donors (Lipinski definition) is 2. The Bertz CT molecular complexity index is 568. The van der Waals surface area contributed by atoms with Crippen LogP contribution >= 0.6 is 35.1 Å². The van der Waals surface area contributed by atoms with Crippen molar-refractivity contribution < 1.29 is 19.8 Å². The van der Waals surface area contributed by atoms with Gasteiger partial charge in [0.15, 0.2) is 0 Å². The SMILES string of the molecule is CN1CCC=C(c2nsnc2SCCCCCl)C1.O=C(O)C(=O)O. The van der Waals surface area contributed by atoms with Crippen molar-refractivity contribution >= 4 is 52.6 Å². The minimum atomic E-state index is -1.82. The van der Waals surface area contributed by atoms with Gasteiger partial charge < -0.3 is 15.1 Å². The predicted molar refractivity (Wildman–Crippen MR) is 95.9 cm³/mol. The molecule has 10 heteroatoms. The maximum absolute atomic E-state index is 9.10. The Morgan fingerprint density at radius 1 is 1.33 bits per heavy atom. The molecule has 1 aromatic heterocycles. The molecule has 0 saturated carbocycles. The molecule has 0 atom stereocenters. The first kappa shape index (κ1) is 20.9. The highest BCUT2D eigenvalue weighted by molar-refractivity contribution is 7.99. The normalized spacial score (nSPS) is 14.5. The van der Waals surface area contributed by atoms with Gasteiger partial charge in [-0.25, -0.2) is 9.59 Å². The van der Waals surface area contributed by atoms with Crippen LogP contribution < -0.4 is 0 Å². The van der Waals surface area contributed by atoms with E-state index in [1.165, 1.54) is 17.3 Å². The maximum Gasteiger partial charge on any atom is 0.414 e. The summed E-state index contributed by atoms with van der Waals surface area (Å²) in [7, 11) is 2.15. The van der Waals surface area contributed by atoms with Gasteiger partial charge in [-0.2, -0.15) is 8.75 Å². The molecule has 2 heterocycles. The van der Waals surface area contributed by atoms with Gasteiger partial charge in [-0.1, -0.05) is 6.08 Å². The third-order valence-corrected chi connectivity index (χ3v) is 5.02. The quantitative estimate of drug-likeness (QED) is 0.329. The molecule has 2 N–H and O–H groups in total. The summed E-state index contributed by atoms with van der Waals surface area (Å²) >= 11 is 8.81. The van der Waals surface area contributed by atoms with Gasteiger partial charge in [-0.15, -0.1) is 23.4 Å². The zero-order valence-corrected chi connectivity index (χ0v) is 15.7. The van der Waals surface area contributed by atoms with Crippen LogP contribution in [0.15, 0.2) is 11.1 Å². The number of likely N-dealkylation sites (N-methyl/N-ethyl adjacent to an activating group) is 1. The lowest BCUT2D eigenvalue weighted by atomic mass is 10.1. The van der Waals surface area contributed by atoms with Gasteiger partial charge in [-0.05, 0) is 37.6 Å². The molecule has 0 radical (unpaired) electrons. The fraction of sp³-hybridized carbons (Fsp3) is 0.571. The molecular formula is C14H20ClN3O4S2. The number of carboxylic acid groups (broad SMARTS) is 2. The van der Waals surface area contributed by atoms with Crippen molar-refractivity contribution in [3.8, 4) is 0 Å². The van der Waals surface area contributed by atoms with E-state index in [4.69, 9.17) is 31.4 Å². The van der Waals surface area contributed by atoms with E-state index in [-0.39, 0.29) is 0 Å². The van der Waals surface area contributed by atoms with Gasteiger partial charge in [0.1, 0.15) is 10.7 Å². The van der Waals surface area contributed by atoms with E-state index in [9.17, 15) is 0 Å². The molecule has 24 heavy (non-hydrogen) atoms. The van der Waals surface area contributed by atoms with Gasteiger partial charge in [0.2, 0.25) is 0 Å². The zero-order chi connectivity index (χ0) is 17.9. The van der Waals surface area contributed by atoms with E-state index in [1.807, 2.05) is 11.8 Å². The minimum Gasteiger partial charge on any atom is -0.473 e. The molecule has 0 fully saturated rings. The molecule has 0 bridgehead atoms. The standard InChI is InChI=1S/C12H18ClN3S2.C2H2O4/c1-16-7-4-5-10(9-16)11-12(15-18-14-11)17-8-3-2-6-13;3-1(4)2(5)6/h5H,2-4,6-9H2,1H3;(H,3,4)(H,5,6). The number of aliphatic carboxylic acids is 2. The average Bonchev–Trinajstić information content (AvgIpc) is 3.00. The third kappa shape index (κ3) is 7.61. The largest absolute Gasteiger partial charge is 0.473 e. The summed E-state index contributed by atoms with van der Waals surface area (Å²) in [5.41, 5.74) is 2.43. The summed E-state index contributed by atoms with van der Waals surface area (Å²) in [6, 6.07) is 0. The molecule has 134 valence electrons. The Balaban J connectivity index is 0.000000413. The van der Waals surface area contributed by atoms with Gasteiger partial charge >= 0.3 is 11.9 Å². The van der Waals surface area contributed by atoms with Crippen LogP contribution in [0.25, 0.3) is 5.57 Å². The second-order valence-electron chi connectivity index (χ2n) is 5.03. The summed E-state index contributed by atoms with van der Waals surface area (Å²) in [5.74, 6) is -1.82. The molecule has 0 spiro atoms. The number of unbranched alkanes of at least 4 members (excludes halogenated alkanes) is 1. The molecule has 0 saturated heterocycles. The molecule has 7 nitrogen and oxygen atoms in total. The van der Waals surface area contributed by atoms with Crippen LogP contribution in [0.4, 0.5) is 0 Å². The number of carboxylic acids is 2. The molecule has 1 aromatic rings. The second-order valence-corrected chi connectivity index (χ2v) is 7.02. The van der Waals surface area contributed by atoms with Crippen molar-refractivity contribution in [3.05, 3.63) is 11.8 Å². The molecular weight excluding hydrogens is 374 g/mol. The molecule has 1 aliphatic heterocycles. The smallest absolute Gasteiger partial charge is 0.414 e. The Hall–Kier alpha value is -1.16. The first-order valence-corrected chi connectivity index (χ1v) is 9.56. The van der Waals surface area contributed by atoms with Crippen molar-refractivity contribution in [1.82, 2.24) is 13.6 Å². The molecule has 0 amide bonds. The topological polar surface area (TPSA) is 104 Å². The van der Waals surface area contributed by atoms with Crippen molar-refractivity contribution in [2.75, 3.05) is 31.8 Å². The summed E-state index contributed by atoms with van der Waals surface area (Å²) in [4.78, 5) is 20.5. The number of hydrogen-bond acceptors (Lipinski definition) is 7. The Morgan fingerprint density at radius 3 is 2.62 bits per heavy atom. The monoisotopic (exact) mass is 393 g/mol. The summed E-state index contributed by atoms with van der Waals surface area (Å²) in [5, 5.41) is 15.9. The maximum atomic E-state index is 9.10. The molecule has 1 aliphatic rings. The number of nitrogens with zero attached hydrogens (tertiary/aromatic N) is 3. The number of alkyl halides is 1. The molecule has 2 rings (SSSR count).